The lowest BCUT2D eigenvalue weighted by Crippen LogP contribution is -2.48. The second kappa shape index (κ2) is 6.00. The first-order valence-corrected chi connectivity index (χ1v) is 4.97. The van der Waals surface area contributed by atoms with Crippen LogP contribution in [0.4, 0.5) is 0 Å². The third-order valence-electron chi connectivity index (χ3n) is 1.86. The van der Waals surface area contributed by atoms with Gasteiger partial charge < -0.3 is 4.74 Å². The number of hydrogen-bond acceptors (Lipinski definition) is 4. The van der Waals surface area contributed by atoms with E-state index in [1.54, 1.807) is 5.01 Å². The quantitative estimate of drug-likeness (QED) is 0.630. The highest BCUT2D eigenvalue weighted by molar-refractivity contribution is 7.96. The monoisotopic (exact) mass is 218 g/mol. The first kappa shape index (κ1) is 11.5. The number of hydrogen-bond donors (Lipinski definition) is 2. The van der Waals surface area contributed by atoms with Gasteiger partial charge in [-0.25, -0.2) is 5.01 Å². The van der Waals surface area contributed by atoms with Crippen molar-refractivity contribution in [1.29, 1.82) is 0 Å². The summed E-state index contributed by atoms with van der Waals surface area (Å²) in [5, 5.41) is 1.54. The number of nitrogens with one attached hydrogen (secondary N) is 1. The van der Waals surface area contributed by atoms with Crippen molar-refractivity contribution in [2.75, 3.05) is 26.3 Å². The molecular formula is C8H14N2O3S. The summed E-state index contributed by atoms with van der Waals surface area (Å²) in [6, 6.07) is 0. The molecule has 5 nitrogen and oxygen atoms in total. The van der Waals surface area contributed by atoms with E-state index in [1.807, 2.05) is 0 Å². The summed E-state index contributed by atoms with van der Waals surface area (Å²) in [6.45, 7) is 2.65. The predicted molar refractivity (Wildman–Crippen MR) is 53.8 cm³/mol. The largest absolute Gasteiger partial charge is 0.379 e. The van der Waals surface area contributed by atoms with Gasteiger partial charge in [0.05, 0.1) is 13.2 Å². The molecule has 0 radical (unpaired) electrons. The maximum atomic E-state index is 11.2. The number of thiol groups is 1. The molecule has 0 spiro atoms. The van der Waals surface area contributed by atoms with Gasteiger partial charge in [0.15, 0.2) is 5.12 Å². The Morgan fingerprint density at radius 1 is 1.29 bits per heavy atom. The lowest BCUT2D eigenvalue weighted by molar-refractivity contribution is -0.129. The molecule has 1 rings (SSSR count). The topological polar surface area (TPSA) is 58.6 Å². The van der Waals surface area contributed by atoms with Crippen molar-refractivity contribution in [1.82, 2.24) is 10.4 Å². The summed E-state index contributed by atoms with van der Waals surface area (Å²) < 4.78 is 5.12. The zero-order valence-corrected chi connectivity index (χ0v) is 8.76. The van der Waals surface area contributed by atoms with Gasteiger partial charge in [0.1, 0.15) is 0 Å². The van der Waals surface area contributed by atoms with Crippen molar-refractivity contribution in [3.05, 3.63) is 0 Å². The van der Waals surface area contributed by atoms with Crippen LogP contribution in [-0.4, -0.2) is 42.3 Å². The summed E-state index contributed by atoms with van der Waals surface area (Å²) in [5.41, 5.74) is 2.70. The Morgan fingerprint density at radius 2 is 1.93 bits per heavy atom. The van der Waals surface area contributed by atoms with Crippen molar-refractivity contribution >= 4 is 23.7 Å². The first-order valence-electron chi connectivity index (χ1n) is 4.52. The average Bonchev–Trinajstić information content (AvgIpc) is 2.16. The molecule has 80 valence electrons. The molecule has 0 aliphatic carbocycles. The molecule has 0 aromatic rings. The number of carbonyl (C=O) groups excluding carboxylic acids is 2. The molecule has 0 unspecified atom stereocenters. The second-order valence-electron chi connectivity index (χ2n) is 3.03. The zero-order valence-electron chi connectivity index (χ0n) is 7.86. The summed E-state index contributed by atoms with van der Waals surface area (Å²) in [6.07, 6.45) is 0.374. The minimum atomic E-state index is -0.262. The molecular weight excluding hydrogens is 204 g/mol. The smallest absolute Gasteiger partial charge is 0.234 e. The summed E-state index contributed by atoms with van der Waals surface area (Å²) in [7, 11) is 0. The minimum absolute atomic E-state index is 0.144. The van der Waals surface area contributed by atoms with E-state index in [2.05, 4.69) is 18.1 Å². The molecule has 6 heteroatoms. The molecule has 0 aromatic carbocycles. The summed E-state index contributed by atoms with van der Waals surface area (Å²) >= 11 is 3.59. The third-order valence-corrected chi connectivity index (χ3v) is 2.08. The fourth-order valence-corrected chi connectivity index (χ4v) is 1.24. The molecule has 0 saturated carbocycles. The van der Waals surface area contributed by atoms with E-state index in [9.17, 15) is 9.59 Å². The maximum absolute atomic E-state index is 11.2. The fraction of sp³-hybridized carbons (Fsp3) is 0.750. The van der Waals surface area contributed by atoms with Gasteiger partial charge in [-0.1, -0.05) is 0 Å². The SMILES string of the molecule is O=C(S)CCC(=O)NN1CCOCC1. The molecule has 1 heterocycles. The Morgan fingerprint density at radius 3 is 2.50 bits per heavy atom. The van der Waals surface area contributed by atoms with Crippen LogP contribution in [-0.2, 0) is 14.3 Å². The zero-order chi connectivity index (χ0) is 10.4. The Balaban J connectivity index is 2.15. The van der Waals surface area contributed by atoms with Gasteiger partial charge in [-0.2, -0.15) is 0 Å². The van der Waals surface area contributed by atoms with E-state index in [-0.39, 0.29) is 23.9 Å². The van der Waals surface area contributed by atoms with Gasteiger partial charge >= 0.3 is 0 Å². The van der Waals surface area contributed by atoms with Crippen molar-refractivity contribution < 1.29 is 14.3 Å². The first-order chi connectivity index (χ1) is 6.68. The summed E-state index contributed by atoms with van der Waals surface area (Å²) in [5.74, 6) is -0.144. The Kier molecular flexibility index (Phi) is 4.92. The number of ether oxygens (including phenoxy) is 1. The predicted octanol–water partition coefficient (Wildman–Crippen LogP) is -0.414. The van der Waals surface area contributed by atoms with E-state index in [1.165, 1.54) is 0 Å². The fourth-order valence-electron chi connectivity index (χ4n) is 1.13. The molecule has 0 atom stereocenters. The summed E-state index contributed by atoms with van der Waals surface area (Å²) in [4.78, 5) is 21.7. The average molecular weight is 218 g/mol. The van der Waals surface area contributed by atoms with Gasteiger partial charge in [-0.05, 0) is 0 Å². The van der Waals surface area contributed by atoms with Crippen LogP contribution in [0.25, 0.3) is 0 Å². The number of hydrazine groups is 1. The van der Waals surface area contributed by atoms with Gasteiger partial charge in [0.2, 0.25) is 5.91 Å². The van der Waals surface area contributed by atoms with Crippen LogP contribution in [0.15, 0.2) is 0 Å². The van der Waals surface area contributed by atoms with E-state index in [0.717, 1.165) is 0 Å². The van der Waals surface area contributed by atoms with Gasteiger partial charge in [-0.15, -0.1) is 12.6 Å². The van der Waals surface area contributed by atoms with Crippen LogP contribution in [0.2, 0.25) is 0 Å². The number of nitrogens with zero attached hydrogens (tertiary/aromatic N) is 1. The molecule has 0 aromatic heterocycles. The van der Waals surface area contributed by atoms with Crippen molar-refractivity contribution in [3.8, 4) is 0 Å². The van der Waals surface area contributed by atoms with Crippen LogP contribution in [0.1, 0.15) is 12.8 Å². The molecule has 1 saturated heterocycles. The standard InChI is InChI=1S/C8H14N2O3S/c11-7(1-2-8(12)14)9-10-3-5-13-6-4-10/h1-6H2,(H,9,11)(H,12,14). The van der Waals surface area contributed by atoms with Crippen molar-refractivity contribution in [2.45, 2.75) is 12.8 Å². The van der Waals surface area contributed by atoms with E-state index >= 15 is 0 Å². The maximum Gasteiger partial charge on any atom is 0.234 e. The molecule has 14 heavy (non-hydrogen) atoms. The molecule has 1 N–H and O–H groups in total. The highest BCUT2D eigenvalue weighted by Gasteiger charge is 2.12. The molecule has 1 aliphatic rings. The number of morpholine rings is 1. The van der Waals surface area contributed by atoms with E-state index in [0.29, 0.717) is 26.3 Å². The minimum Gasteiger partial charge on any atom is -0.379 e. The van der Waals surface area contributed by atoms with Crippen molar-refractivity contribution in [2.24, 2.45) is 0 Å². The highest BCUT2D eigenvalue weighted by atomic mass is 32.1. The third kappa shape index (κ3) is 4.59. The number of amides is 1. The Bertz CT molecular complexity index is 217. The molecule has 1 amide bonds. The van der Waals surface area contributed by atoms with Gasteiger partial charge in [0, 0.05) is 25.9 Å². The number of rotatable bonds is 4. The van der Waals surface area contributed by atoms with E-state index < -0.39 is 0 Å². The van der Waals surface area contributed by atoms with Gasteiger partial charge in [0.25, 0.3) is 0 Å². The Labute approximate surface area is 88.2 Å². The van der Waals surface area contributed by atoms with Crippen LogP contribution in [0.3, 0.4) is 0 Å². The normalized spacial score (nSPS) is 17.8. The number of carbonyl (C=O) groups is 2. The molecule has 1 fully saturated rings. The Hall–Kier alpha value is -0.590. The highest BCUT2D eigenvalue weighted by Crippen LogP contribution is 1.96. The van der Waals surface area contributed by atoms with Crippen LogP contribution < -0.4 is 5.43 Å². The lowest BCUT2D eigenvalue weighted by atomic mass is 10.3. The lowest BCUT2D eigenvalue weighted by Gasteiger charge is -2.26. The van der Waals surface area contributed by atoms with Gasteiger partial charge in [-0.3, -0.25) is 15.0 Å². The second-order valence-corrected chi connectivity index (χ2v) is 3.53. The molecule has 1 aliphatic heterocycles. The van der Waals surface area contributed by atoms with Crippen LogP contribution in [0, 0.1) is 0 Å². The van der Waals surface area contributed by atoms with Crippen LogP contribution in [0.5, 0.6) is 0 Å². The van der Waals surface area contributed by atoms with Crippen molar-refractivity contribution in [3.63, 3.8) is 0 Å². The van der Waals surface area contributed by atoms with Crippen LogP contribution >= 0.6 is 12.6 Å². The molecule has 0 bridgehead atoms. The van der Waals surface area contributed by atoms with E-state index in [4.69, 9.17) is 4.74 Å².